The molecule has 1 heterocycles. The number of carbonyl (C=O) groups excluding carboxylic acids is 1. The van der Waals surface area contributed by atoms with Gasteiger partial charge in [-0.1, -0.05) is 11.6 Å². The largest absolute Gasteiger partial charge is 0.384 e. The quantitative estimate of drug-likeness (QED) is 0.820. The van der Waals surface area contributed by atoms with E-state index in [1.807, 2.05) is 0 Å². The fourth-order valence-corrected chi connectivity index (χ4v) is 2.00. The minimum Gasteiger partial charge on any atom is -0.384 e. The molecule has 0 fully saturated rings. The van der Waals surface area contributed by atoms with Crippen LogP contribution in [0.15, 0.2) is 34.8 Å². The summed E-state index contributed by atoms with van der Waals surface area (Å²) in [5.74, 6) is -0.774. The Morgan fingerprint density at radius 3 is 2.79 bits per heavy atom. The molecule has 98 valence electrons. The number of pyridine rings is 1. The van der Waals surface area contributed by atoms with Gasteiger partial charge < -0.3 is 11.1 Å². The maximum Gasteiger partial charge on any atom is 0.255 e. The molecule has 2 rings (SSSR count). The number of nitrogen functional groups attached to an aromatic ring is 1. The molecule has 0 radical (unpaired) electrons. The molecule has 19 heavy (non-hydrogen) atoms. The van der Waals surface area contributed by atoms with E-state index in [4.69, 9.17) is 17.3 Å². The summed E-state index contributed by atoms with van der Waals surface area (Å²) in [5.41, 5.74) is 6.06. The second kappa shape index (κ2) is 5.54. The van der Waals surface area contributed by atoms with Crippen LogP contribution in [-0.4, -0.2) is 10.9 Å². The summed E-state index contributed by atoms with van der Waals surface area (Å²) in [6.07, 6.45) is 0. The van der Waals surface area contributed by atoms with Crippen LogP contribution in [0, 0.1) is 5.82 Å². The van der Waals surface area contributed by atoms with Crippen molar-refractivity contribution in [3.63, 3.8) is 0 Å². The highest BCUT2D eigenvalue weighted by atomic mass is 79.9. The first-order chi connectivity index (χ1) is 8.95. The van der Waals surface area contributed by atoms with E-state index in [9.17, 15) is 9.18 Å². The Balaban J connectivity index is 2.28. The van der Waals surface area contributed by atoms with Crippen molar-refractivity contribution in [1.29, 1.82) is 0 Å². The Hall–Kier alpha value is -1.66. The Morgan fingerprint density at radius 1 is 1.37 bits per heavy atom. The van der Waals surface area contributed by atoms with Crippen LogP contribution in [0.5, 0.6) is 0 Å². The lowest BCUT2D eigenvalue weighted by Crippen LogP contribution is -2.13. The Morgan fingerprint density at radius 2 is 2.11 bits per heavy atom. The van der Waals surface area contributed by atoms with Gasteiger partial charge in [-0.25, -0.2) is 9.37 Å². The molecule has 0 spiro atoms. The lowest BCUT2D eigenvalue weighted by Gasteiger charge is -2.08. The van der Waals surface area contributed by atoms with Crippen molar-refractivity contribution in [1.82, 2.24) is 4.98 Å². The normalized spacial score (nSPS) is 10.3. The Kier molecular flexibility index (Phi) is 4.01. The van der Waals surface area contributed by atoms with Crippen molar-refractivity contribution in [3.8, 4) is 0 Å². The predicted molar refractivity (Wildman–Crippen MR) is 75.7 cm³/mol. The first-order valence-corrected chi connectivity index (χ1v) is 6.32. The summed E-state index contributed by atoms with van der Waals surface area (Å²) < 4.78 is 13.7. The number of halogens is 3. The lowest BCUT2D eigenvalue weighted by molar-refractivity contribution is 0.102. The molecule has 0 aliphatic rings. The Bertz CT molecular complexity index is 631. The number of hydrogen-bond donors (Lipinski definition) is 2. The highest BCUT2D eigenvalue weighted by Gasteiger charge is 2.11. The minimum atomic E-state index is -0.456. The number of nitrogens with zero attached hydrogens (tertiary/aromatic N) is 1. The van der Waals surface area contributed by atoms with Crippen LogP contribution in [0.4, 0.5) is 15.9 Å². The van der Waals surface area contributed by atoms with Gasteiger partial charge in [0.1, 0.15) is 16.8 Å². The fraction of sp³-hybridized carbons (Fsp3) is 0. The summed E-state index contributed by atoms with van der Waals surface area (Å²) in [5, 5.41) is 2.67. The van der Waals surface area contributed by atoms with E-state index >= 15 is 0 Å². The van der Waals surface area contributed by atoms with Gasteiger partial charge in [-0.05, 0) is 46.3 Å². The van der Waals surface area contributed by atoms with Crippen LogP contribution < -0.4 is 11.1 Å². The van der Waals surface area contributed by atoms with E-state index in [-0.39, 0.29) is 16.5 Å². The molecule has 7 heteroatoms. The van der Waals surface area contributed by atoms with Crippen molar-refractivity contribution < 1.29 is 9.18 Å². The first-order valence-electron chi connectivity index (χ1n) is 5.15. The number of carbonyl (C=O) groups is 1. The standard InChI is InChI=1S/C12H8BrClFN3O/c13-8-2-1-7(15)5-9(8)17-12(19)6-3-10(14)18-11(16)4-6/h1-5H,(H2,16,18)(H,17,19). The lowest BCUT2D eigenvalue weighted by atomic mass is 10.2. The van der Waals surface area contributed by atoms with Crippen molar-refractivity contribution in [2.75, 3.05) is 11.1 Å². The van der Waals surface area contributed by atoms with Gasteiger partial charge in [-0.15, -0.1) is 0 Å². The molecule has 4 nitrogen and oxygen atoms in total. The molecule has 0 bridgehead atoms. The highest BCUT2D eigenvalue weighted by molar-refractivity contribution is 9.10. The third kappa shape index (κ3) is 3.42. The van der Waals surface area contributed by atoms with Crippen molar-refractivity contribution >= 4 is 44.9 Å². The Labute approximate surface area is 121 Å². The second-order valence-electron chi connectivity index (χ2n) is 3.68. The molecule has 0 unspecified atom stereocenters. The number of hydrogen-bond acceptors (Lipinski definition) is 3. The van der Waals surface area contributed by atoms with Crippen molar-refractivity contribution in [2.45, 2.75) is 0 Å². The monoisotopic (exact) mass is 343 g/mol. The highest BCUT2D eigenvalue weighted by Crippen LogP contribution is 2.24. The summed E-state index contributed by atoms with van der Waals surface area (Å²) in [6, 6.07) is 6.74. The van der Waals surface area contributed by atoms with Crippen LogP contribution in [0.1, 0.15) is 10.4 Å². The van der Waals surface area contributed by atoms with Crippen LogP contribution >= 0.6 is 27.5 Å². The van der Waals surface area contributed by atoms with Crippen molar-refractivity contribution in [3.05, 3.63) is 51.3 Å². The van der Waals surface area contributed by atoms with Crippen molar-refractivity contribution in [2.24, 2.45) is 0 Å². The van der Waals surface area contributed by atoms with E-state index in [1.165, 1.54) is 30.3 Å². The van der Waals surface area contributed by atoms with E-state index in [0.717, 1.165) is 0 Å². The first kappa shape index (κ1) is 13.8. The van der Waals surface area contributed by atoms with Crippen LogP contribution in [0.3, 0.4) is 0 Å². The summed E-state index contributed by atoms with van der Waals surface area (Å²) in [4.78, 5) is 15.7. The zero-order valence-electron chi connectivity index (χ0n) is 9.45. The molecule has 0 aliphatic carbocycles. The molecule has 3 N–H and O–H groups in total. The molecule has 0 saturated carbocycles. The average Bonchev–Trinajstić information content (AvgIpc) is 2.32. The third-order valence-corrected chi connectivity index (χ3v) is 3.14. The molecule has 0 atom stereocenters. The maximum absolute atomic E-state index is 13.1. The topological polar surface area (TPSA) is 68.0 Å². The zero-order valence-corrected chi connectivity index (χ0v) is 11.8. The molecule has 0 saturated heterocycles. The van der Waals surface area contributed by atoms with Gasteiger partial charge in [0, 0.05) is 10.0 Å². The minimum absolute atomic E-state index is 0.114. The van der Waals surface area contributed by atoms with Gasteiger partial charge in [-0.2, -0.15) is 0 Å². The van der Waals surface area contributed by atoms with Gasteiger partial charge in [0.15, 0.2) is 0 Å². The number of nitrogens with one attached hydrogen (secondary N) is 1. The van der Waals surface area contributed by atoms with E-state index < -0.39 is 11.7 Å². The van der Waals surface area contributed by atoms with Gasteiger partial charge in [0.05, 0.1) is 5.69 Å². The smallest absolute Gasteiger partial charge is 0.255 e. The maximum atomic E-state index is 13.1. The van der Waals surface area contributed by atoms with Gasteiger partial charge in [0.2, 0.25) is 0 Å². The number of anilines is 2. The summed E-state index contributed by atoms with van der Waals surface area (Å²) in [7, 11) is 0. The summed E-state index contributed by atoms with van der Waals surface area (Å²) >= 11 is 8.93. The molecule has 0 aliphatic heterocycles. The molecular formula is C12H8BrClFN3O. The molecule has 2 aromatic rings. The van der Waals surface area contributed by atoms with Gasteiger partial charge in [-0.3, -0.25) is 4.79 Å². The number of benzene rings is 1. The SMILES string of the molecule is Nc1cc(C(=O)Nc2cc(F)ccc2Br)cc(Cl)n1. The van der Waals surface area contributed by atoms with Gasteiger partial charge >= 0.3 is 0 Å². The molecule has 1 aromatic carbocycles. The van der Waals surface area contributed by atoms with E-state index in [2.05, 4.69) is 26.2 Å². The second-order valence-corrected chi connectivity index (χ2v) is 4.92. The van der Waals surface area contributed by atoms with Gasteiger partial charge in [0.25, 0.3) is 5.91 Å². The number of aromatic nitrogens is 1. The fourth-order valence-electron chi connectivity index (χ4n) is 1.44. The molecule has 1 amide bonds. The number of nitrogens with two attached hydrogens (primary N) is 1. The van der Waals surface area contributed by atoms with Crippen LogP contribution in [-0.2, 0) is 0 Å². The number of rotatable bonds is 2. The summed E-state index contributed by atoms with van der Waals surface area (Å²) in [6.45, 7) is 0. The van der Waals surface area contributed by atoms with E-state index in [1.54, 1.807) is 0 Å². The number of amides is 1. The predicted octanol–water partition coefficient (Wildman–Crippen LogP) is 3.47. The molecule has 1 aromatic heterocycles. The van der Waals surface area contributed by atoms with Crippen LogP contribution in [0.2, 0.25) is 5.15 Å². The average molecular weight is 345 g/mol. The van der Waals surface area contributed by atoms with Crippen LogP contribution in [0.25, 0.3) is 0 Å². The molecular weight excluding hydrogens is 337 g/mol. The zero-order chi connectivity index (χ0) is 14.0. The van der Waals surface area contributed by atoms with E-state index in [0.29, 0.717) is 10.2 Å². The third-order valence-electron chi connectivity index (χ3n) is 2.25.